The summed E-state index contributed by atoms with van der Waals surface area (Å²) >= 11 is 0. The lowest BCUT2D eigenvalue weighted by molar-refractivity contribution is -0.152. The van der Waals surface area contributed by atoms with E-state index in [1.807, 2.05) is 19.9 Å². The Morgan fingerprint density at radius 1 is 1.40 bits per heavy atom. The van der Waals surface area contributed by atoms with Gasteiger partial charge >= 0.3 is 5.97 Å². The topological polar surface area (TPSA) is 57.5 Å². The van der Waals surface area contributed by atoms with E-state index in [2.05, 4.69) is 0 Å². The van der Waals surface area contributed by atoms with Crippen LogP contribution in [-0.2, 0) is 4.79 Å². The molecule has 0 saturated heterocycles. The molecule has 0 amide bonds. The first-order valence-corrected chi connectivity index (χ1v) is 5.51. The number of aliphatic hydroxyl groups is 1. The molecule has 0 atom stereocenters. The SMILES string of the molecule is CC(C)=CCC1(C(=O)O)CCC(O)CC1. The van der Waals surface area contributed by atoms with Gasteiger partial charge in [0.1, 0.15) is 0 Å². The molecule has 15 heavy (non-hydrogen) atoms. The standard InChI is InChI=1S/C12H20O3/c1-9(2)3-6-12(11(14)15)7-4-10(13)5-8-12/h3,10,13H,4-8H2,1-2H3,(H,14,15). The summed E-state index contributed by atoms with van der Waals surface area (Å²) in [5, 5.41) is 18.7. The molecule has 3 nitrogen and oxygen atoms in total. The number of aliphatic carboxylic acids is 1. The van der Waals surface area contributed by atoms with Gasteiger partial charge in [-0.2, -0.15) is 0 Å². The quantitative estimate of drug-likeness (QED) is 0.706. The molecule has 1 aliphatic rings. The zero-order valence-corrected chi connectivity index (χ0v) is 9.49. The second kappa shape index (κ2) is 4.79. The summed E-state index contributed by atoms with van der Waals surface area (Å²) in [6.07, 6.45) is 4.69. The Morgan fingerprint density at radius 2 is 1.93 bits per heavy atom. The molecule has 0 aliphatic heterocycles. The highest BCUT2D eigenvalue weighted by Crippen LogP contribution is 2.40. The van der Waals surface area contributed by atoms with Crippen LogP contribution in [0.15, 0.2) is 11.6 Å². The molecule has 0 radical (unpaired) electrons. The van der Waals surface area contributed by atoms with E-state index in [1.54, 1.807) is 0 Å². The number of aliphatic hydroxyl groups excluding tert-OH is 1. The smallest absolute Gasteiger partial charge is 0.309 e. The van der Waals surface area contributed by atoms with Gasteiger partial charge in [0.25, 0.3) is 0 Å². The van der Waals surface area contributed by atoms with Crippen molar-refractivity contribution in [1.29, 1.82) is 0 Å². The van der Waals surface area contributed by atoms with Crippen LogP contribution in [0.3, 0.4) is 0 Å². The Labute approximate surface area is 90.8 Å². The fraction of sp³-hybridized carbons (Fsp3) is 0.750. The second-order valence-corrected chi connectivity index (χ2v) is 4.80. The number of allylic oxidation sites excluding steroid dienone is 2. The molecular weight excluding hydrogens is 192 g/mol. The van der Waals surface area contributed by atoms with Gasteiger partial charge in [-0.05, 0) is 46.0 Å². The number of hydrogen-bond donors (Lipinski definition) is 2. The third-order valence-corrected chi connectivity index (χ3v) is 3.27. The summed E-state index contributed by atoms with van der Waals surface area (Å²) in [6, 6.07) is 0. The molecule has 0 aromatic carbocycles. The van der Waals surface area contributed by atoms with Crippen LogP contribution in [0.2, 0.25) is 0 Å². The molecule has 0 aromatic rings. The van der Waals surface area contributed by atoms with Gasteiger partial charge in [-0.25, -0.2) is 0 Å². The predicted octanol–water partition coefficient (Wildman–Crippen LogP) is 2.35. The number of carboxylic acid groups (broad SMARTS) is 1. The third-order valence-electron chi connectivity index (χ3n) is 3.27. The van der Waals surface area contributed by atoms with Gasteiger partial charge in [0.15, 0.2) is 0 Å². The lowest BCUT2D eigenvalue weighted by atomic mass is 9.71. The lowest BCUT2D eigenvalue weighted by Crippen LogP contribution is -2.36. The molecule has 0 heterocycles. The maximum atomic E-state index is 11.3. The van der Waals surface area contributed by atoms with Crippen molar-refractivity contribution < 1.29 is 15.0 Å². The molecule has 1 saturated carbocycles. The van der Waals surface area contributed by atoms with E-state index in [-0.39, 0.29) is 6.10 Å². The van der Waals surface area contributed by atoms with Crippen molar-refractivity contribution in [2.45, 2.75) is 52.1 Å². The minimum absolute atomic E-state index is 0.302. The van der Waals surface area contributed by atoms with Crippen LogP contribution in [0.5, 0.6) is 0 Å². The summed E-state index contributed by atoms with van der Waals surface area (Å²) in [4.78, 5) is 11.3. The first-order chi connectivity index (χ1) is 6.96. The number of carboxylic acids is 1. The van der Waals surface area contributed by atoms with E-state index in [0.29, 0.717) is 32.1 Å². The van der Waals surface area contributed by atoms with Gasteiger partial charge in [-0.3, -0.25) is 4.79 Å². The molecule has 2 N–H and O–H groups in total. The van der Waals surface area contributed by atoms with Crippen molar-refractivity contribution >= 4 is 5.97 Å². The Balaban J connectivity index is 2.72. The molecule has 0 aromatic heterocycles. The van der Waals surface area contributed by atoms with E-state index in [1.165, 1.54) is 0 Å². The predicted molar refractivity (Wildman–Crippen MR) is 58.6 cm³/mol. The molecule has 0 bridgehead atoms. The normalized spacial score (nSPS) is 31.0. The average Bonchev–Trinajstić information content (AvgIpc) is 2.17. The van der Waals surface area contributed by atoms with Gasteiger partial charge in [0, 0.05) is 0 Å². The number of carbonyl (C=O) groups is 1. The summed E-state index contributed by atoms with van der Waals surface area (Å²) in [5.41, 5.74) is 0.526. The van der Waals surface area contributed by atoms with Crippen LogP contribution in [0, 0.1) is 5.41 Å². The van der Waals surface area contributed by atoms with Gasteiger partial charge in [0.05, 0.1) is 11.5 Å². The van der Waals surface area contributed by atoms with E-state index in [0.717, 1.165) is 5.57 Å². The maximum Gasteiger partial charge on any atom is 0.309 e. The first kappa shape index (κ1) is 12.2. The third kappa shape index (κ3) is 3.06. The summed E-state index contributed by atoms with van der Waals surface area (Å²) in [6.45, 7) is 3.96. The fourth-order valence-corrected chi connectivity index (χ4v) is 2.06. The van der Waals surface area contributed by atoms with Gasteiger partial charge in [-0.1, -0.05) is 11.6 Å². The highest BCUT2D eigenvalue weighted by Gasteiger charge is 2.40. The zero-order chi connectivity index (χ0) is 11.5. The summed E-state index contributed by atoms with van der Waals surface area (Å²) in [5.74, 6) is -0.716. The van der Waals surface area contributed by atoms with E-state index < -0.39 is 11.4 Å². The number of rotatable bonds is 3. The van der Waals surface area contributed by atoms with Crippen molar-refractivity contribution in [2.24, 2.45) is 5.41 Å². The van der Waals surface area contributed by atoms with E-state index in [9.17, 15) is 15.0 Å². The minimum Gasteiger partial charge on any atom is -0.481 e. The van der Waals surface area contributed by atoms with Crippen molar-refractivity contribution in [3.63, 3.8) is 0 Å². The Kier molecular flexibility index (Phi) is 3.91. The van der Waals surface area contributed by atoms with Crippen LogP contribution >= 0.6 is 0 Å². The van der Waals surface area contributed by atoms with Gasteiger partial charge < -0.3 is 10.2 Å². The number of hydrogen-bond acceptors (Lipinski definition) is 2. The summed E-state index contributed by atoms with van der Waals surface area (Å²) in [7, 11) is 0. The van der Waals surface area contributed by atoms with Crippen LogP contribution in [-0.4, -0.2) is 22.3 Å². The van der Waals surface area contributed by atoms with Crippen LogP contribution in [0.1, 0.15) is 46.0 Å². The molecule has 1 fully saturated rings. The average molecular weight is 212 g/mol. The Hall–Kier alpha value is -0.830. The second-order valence-electron chi connectivity index (χ2n) is 4.80. The van der Waals surface area contributed by atoms with Crippen LogP contribution in [0.4, 0.5) is 0 Å². The minimum atomic E-state index is -0.716. The summed E-state index contributed by atoms with van der Waals surface area (Å²) < 4.78 is 0. The van der Waals surface area contributed by atoms with Crippen LogP contribution in [0.25, 0.3) is 0 Å². The highest BCUT2D eigenvalue weighted by atomic mass is 16.4. The van der Waals surface area contributed by atoms with Gasteiger partial charge in [0.2, 0.25) is 0 Å². The van der Waals surface area contributed by atoms with Crippen molar-refractivity contribution in [3.05, 3.63) is 11.6 Å². The molecule has 0 spiro atoms. The fourth-order valence-electron chi connectivity index (χ4n) is 2.06. The Morgan fingerprint density at radius 3 is 2.33 bits per heavy atom. The van der Waals surface area contributed by atoms with Crippen molar-refractivity contribution in [2.75, 3.05) is 0 Å². The van der Waals surface area contributed by atoms with E-state index in [4.69, 9.17) is 0 Å². The molecule has 1 rings (SSSR count). The first-order valence-electron chi connectivity index (χ1n) is 5.51. The monoisotopic (exact) mass is 212 g/mol. The molecule has 0 unspecified atom stereocenters. The lowest BCUT2D eigenvalue weighted by Gasteiger charge is -2.34. The maximum absolute atomic E-state index is 11.3. The molecular formula is C12H20O3. The van der Waals surface area contributed by atoms with E-state index >= 15 is 0 Å². The molecule has 86 valence electrons. The molecule has 3 heteroatoms. The van der Waals surface area contributed by atoms with Crippen molar-refractivity contribution in [1.82, 2.24) is 0 Å². The molecule has 1 aliphatic carbocycles. The van der Waals surface area contributed by atoms with Crippen LogP contribution < -0.4 is 0 Å². The Bertz CT molecular complexity index is 256. The highest BCUT2D eigenvalue weighted by molar-refractivity contribution is 5.75. The van der Waals surface area contributed by atoms with Crippen molar-refractivity contribution in [3.8, 4) is 0 Å². The largest absolute Gasteiger partial charge is 0.481 e. The zero-order valence-electron chi connectivity index (χ0n) is 9.49. The van der Waals surface area contributed by atoms with Gasteiger partial charge in [-0.15, -0.1) is 0 Å².